The Balaban J connectivity index is 1.84. The predicted octanol–water partition coefficient (Wildman–Crippen LogP) is 0.646. The van der Waals surface area contributed by atoms with Gasteiger partial charge in [0.05, 0.1) is 0 Å². The Morgan fingerprint density at radius 2 is 2.22 bits per heavy atom. The summed E-state index contributed by atoms with van der Waals surface area (Å²) in [6.07, 6.45) is 3.20. The SMILES string of the molecule is CCOC(CN1CCN2CCCCC2C1)C(=O)O. The van der Waals surface area contributed by atoms with E-state index in [4.69, 9.17) is 9.84 Å². The van der Waals surface area contributed by atoms with Crippen LogP contribution in [-0.4, -0.2) is 72.4 Å². The van der Waals surface area contributed by atoms with E-state index in [0.717, 1.165) is 19.6 Å². The maximum Gasteiger partial charge on any atom is 0.334 e. The first-order chi connectivity index (χ1) is 8.70. The number of hydrogen-bond acceptors (Lipinski definition) is 4. The summed E-state index contributed by atoms with van der Waals surface area (Å²) in [6.45, 7) is 7.07. The predicted molar refractivity (Wildman–Crippen MR) is 68.7 cm³/mol. The number of hydrogen-bond donors (Lipinski definition) is 1. The summed E-state index contributed by atoms with van der Waals surface area (Å²) < 4.78 is 5.29. The first-order valence-corrected chi connectivity index (χ1v) is 7.01. The normalized spacial score (nSPS) is 27.7. The molecule has 0 aromatic carbocycles. The summed E-state index contributed by atoms with van der Waals surface area (Å²) in [4.78, 5) is 15.9. The van der Waals surface area contributed by atoms with Crippen LogP contribution in [0, 0.1) is 0 Å². The van der Waals surface area contributed by atoms with Gasteiger partial charge < -0.3 is 9.84 Å². The fourth-order valence-electron chi connectivity index (χ4n) is 3.02. The first kappa shape index (κ1) is 13.8. The maximum atomic E-state index is 11.1. The molecule has 2 saturated heterocycles. The van der Waals surface area contributed by atoms with E-state index < -0.39 is 12.1 Å². The molecule has 0 saturated carbocycles. The lowest BCUT2D eigenvalue weighted by molar-refractivity contribution is -0.152. The zero-order valence-electron chi connectivity index (χ0n) is 11.2. The smallest absolute Gasteiger partial charge is 0.334 e. The number of fused-ring (bicyclic) bond motifs is 1. The van der Waals surface area contributed by atoms with Gasteiger partial charge in [0.15, 0.2) is 6.10 Å². The molecule has 5 nitrogen and oxygen atoms in total. The molecule has 0 spiro atoms. The van der Waals surface area contributed by atoms with Crippen molar-refractivity contribution >= 4 is 5.97 Å². The second-order valence-electron chi connectivity index (χ2n) is 5.23. The van der Waals surface area contributed by atoms with Crippen LogP contribution < -0.4 is 0 Å². The third kappa shape index (κ3) is 3.43. The zero-order chi connectivity index (χ0) is 13.0. The van der Waals surface area contributed by atoms with Crippen LogP contribution in [0.3, 0.4) is 0 Å². The van der Waals surface area contributed by atoms with E-state index in [2.05, 4.69) is 9.80 Å². The minimum Gasteiger partial charge on any atom is -0.479 e. The van der Waals surface area contributed by atoms with Gasteiger partial charge in [-0.05, 0) is 26.3 Å². The Labute approximate surface area is 109 Å². The summed E-state index contributed by atoms with van der Waals surface area (Å²) in [5.74, 6) is -0.845. The summed E-state index contributed by atoms with van der Waals surface area (Å²) in [5, 5.41) is 9.11. The Morgan fingerprint density at radius 3 is 2.94 bits per heavy atom. The van der Waals surface area contributed by atoms with E-state index >= 15 is 0 Å². The van der Waals surface area contributed by atoms with Crippen LogP contribution >= 0.6 is 0 Å². The molecule has 18 heavy (non-hydrogen) atoms. The van der Waals surface area contributed by atoms with Gasteiger partial charge in [0.1, 0.15) is 0 Å². The van der Waals surface area contributed by atoms with Crippen LogP contribution in [0.1, 0.15) is 26.2 Å². The molecule has 0 radical (unpaired) electrons. The van der Waals surface area contributed by atoms with Gasteiger partial charge in [-0.1, -0.05) is 6.42 Å². The highest BCUT2D eigenvalue weighted by Crippen LogP contribution is 2.21. The van der Waals surface area contributed by atoms with E-state index in [1.54, 1.807) is 0 Å². The number of piperazine rings is 1. The summed E-state index contributed by atoms with van der Waals surface area (Å²) in [7, 11) is 0. The molecule has 0 aromatic heterocycles. The second-order valence-corrected chi connectivity index (χ2v) is 5.23. The van der Waals surface area contributed by atoms with Crippen molar-refractivity contribution in [3.05, 3.63) is 0 Å². The van der Waals surface area contributed by atoms with Gasteiger partial charge in [-0.25, -0.2) is 4.79 Å². The van der Waals surface area contributed by atoms with Gasteiger partial charge in [0.25, 0.3) is 0 Å². The number of aliphatic carboxylic acids is 1. The van der Waals surface area contributed by atoms with E-state index in [0.29, 0.717) is 19.2 Å². The molecule has 2 heterocycles. The second kappa shape index (κ2) is 6.50. The fourth-order valence-corrected chi connectivity index (χ4v) is 3.02. The third-order valence-corrected chi connectivity index (χ3v) is 3.99. The summed E-state index contributed by atoms with van der Waals surface area (Å²) in [6, 6.07) is 0.628. The molecule has 0 amide bonds. The molecule has 0 aromatic rings. The topological polar surface area (TPSA) is 53.0 Å². The van der Waals surface area contributed by atoms with Crippen LogP contribution in [0.15, 0.2) is 0 Å². The largest absolute Gasteiger partial charge is 0.479 e. The van der Waals surface area contributed by atoms with Gasteiger partial charge in [0.2, 0.25) is 0 Å². The molecule has 2 unspecified atom stereocenters. The lowest BCUT2D eigenvalue weighted by Gasteiger charge is -2.44. The van der Waals surface area contributed by atoms with E-state index in [1.807, 2.05) is 6.92 Å². The number of piperidine rings is 1. The molecule has 2 fully saturated rings. The number of carbonyl (C=O) groups is 1. The standard InChI is InChI=1S/C13H24N2O3/c1-2-18-12(13(16)17)10-14-7-8-15-6-4-3-5-11(15)9-14/h11-12H,2-10H2,1H3,(H,16,17). The van der Waals surface area contributed by atoms with Crippen molar-refractivity contribution in [2.24, 2.45) is 0 Å². The molecule has 0 bridgehead atoms. The van der Waals surface area contributed by atoms with Gasteiger partial charge in [-0.15, -0.1) is 0 Å². The van der Waals surface area contributed by atoms with Crippen LogP contribution in [0.5, 0.6) is 0 Å². The molecule has 5 heteroatoms. The van der Waals surface area contributed by atoms with Crippen molar-refractivity contribution < 1.29 is 14.6 Å². The van der Waals surface area contributed by atoms with E-state index in [1.165, 1.54) is 25.8 Å². The van der Waals surface area contributed by atoms with Crippen molar-refractivity contribution in [2.75, 3.05) is 39.3 Å². The quantitative estimate of drug-likeness (QED) is 0.782. The molecule has 2 aliphatic rings. The van der Waals surface area contributed by atoms with Crippen LogP contribution in [0.4, 0.5) is 0 Å². The number of nitrogens with zero attached hydrogens (tertiary/aromatic N) is 2. The minimum atomic E-state index is -0.845. The first-order valence-electron chi connectivity index (χ1n) is 7.01. The maximum absolute atomic E-state index is 11.1. The van der Waals surface area contributed by atoms with Crippen molar-refractivity contribution in [3.8, 4) is 0 Å². The highest BCUT2D eigenvalue weighted by Gasteiger charge is 2.31. The van der Waals surface area contributed by atoms with Crippen molar-refractivity contribution in [3.63, 3.8) is 0 Å². The van der Waals surface area contributed by atoms with E-state index in [-0.39, 0.29) is 0 Å². The zero-order valence-corrected chi connectivity index (χ0v) is 11.2. The Morgan fingerprint density at radius 1 is 1.39 bits per heavy atom. The lowest BCUT2D eigenvalue weighted by Crippen LogP contribution is -2.56. The van der Waals surface area contributed by atoms with Crippen molar-refractivity contribution in [1.29, 1.82) is 0 Å². The molecule has 1 N–H and O–H groups in total. The van der Waals surface area contributed by atoms with Crippen molar-refractivity contribution in [1.82, 2.24) is 9.80 Å². The Hall–Kier alpha value is -0.650. The average Bonchev–Trinajstić information content (AvgIpc) is 2.38. The molecule has 0 aliphatic carbocycles. The van der Waals surface area contributed by atoms with Gasteiger partial charge in [0, 0.05) is 38.8 Å². The average molecular weight is 256 g/mol. The van der Waals surface area contributed by atoms with Gasteiger partial charge >= 0.3 is 5.97 Å². The molecular weight excluding hydrogens is 232 g/mol. The van der Waals surface area contributed by atoms with Crippen molar-refractivity contribution in [2.45, 2.75) is 38.3 Å². The summed E-state index contributed by atoms with van der Waals surface area (Å²) in [5.41, 5.74) is 0. The monoisotopic (exact) mass is 256 g/mol. The summed E-state index contributed by atoms with van der Waals surface area (Å²) >= 11 is 0. The number of ether oxygens (including phenoxy) is 1. The Bertz CT molecular complexity index is 285. The van der Waals surface area contributed by atoms with Gasteiger partial charge in [-0.2, -0.15) is 0 Å². The fraction of sp³-hybridized carbons (Fsp3) is 0.923. The molecule has 2 rings (SSSR count). The van der Waals surface area contributed by atoms with Crippen LogP contribution in [-0.2, 0) is 9.53 Å². The van der Waals surface area contributed by atoms with Crippen LogP contribution in [0.25, 0.3) is 0 Å². The Kier molecular flexibility index (Phi) is 4.97. The van der Waals surface area contributed by atoms with E-state index in [9.17, 15) is 4.79 Å². The highest BCUT2D eigenvalue weighted by molar-refractivity contribution is 5.72. The number of carboxylic acid groups (broad SMARTS) is 1. The third-order valence-electron chi connectivity index (χ3n) is 3.99. The highest BCUT2D eigenvalue weighted by atomic mass is 16.5. The number of rotatable bonds is 5. The molecular formula is C13H24N2O3. The minimum absolute atomic E-state index is 0.459. The molecule has 104 valence electrons. The molecule has 2 atom stereocenters. The van der Waals surface area contributed by atoms with Crippen LogP contribution in [0.2, 0.25) is 0 Å². The van der Waals surface area contributed by atoms with Gasteiger partial charge in [-0.3, -0.25) is 9.80 Å². The number of carboxylic acids is 1. The molecule has 2 aliphatic heterocycles. The lowest BCUT2D eigenvalue weighted by atomic mass is 9.99.